The fourth-order valence-corrected chi connectivity index (χ4v) is 3.48. The van der Waals surface area contributed by atoms with E-state index in [9.17, 15) is 5.21 Å². The van der Waals surface area contributed by atoms with Gasteiger partial charge in [-0.2, -0.15) is 0 Å². The first kappa shape index (κ1) is 12.5. The van der Waals surface area contributed by atoms with Crippen molar-refractivity contribution in [1.82, 2.24) is 0 Å². The van der Waals surface area contributed by atoms with E-state index in [-0.39, 0.29) is 10.4 Å². The highest BCUT2D eigenvalue weighted by Crippen LogP contribution is 2.36. The van der Waals surface area contributed by atoms with Crippen LogP contribution in [0.15, 0.2) is 53.4 Å². The molecule has 2 aromatic rings. The van der Waals surface area contributed by atoms with Gasteiger partial charge in [-0.3, -0.25) is 0 Å². The summed E-state index contributed by atoms with van der Waals surface area (Å²) in [6.45, 7) is 0.528. The van der Waals surface area contributed by atoms with E-state index in [1.54, 1.807) is 18.9 Å². The van der Waals surface area contributed by atoms with Crippen LogP contribution < -0.4 is 9.80 Å². The van der Waals surface area contributed by atoms with E-state index in [1.165, 1.54) is 4.90 Å². The van der Waals surface area contributed by atoms with Gasteiger partial charge in [0.15, 0.2) is 5.37 Å². The van der Waals surface area contributed by atoms with Gasteiger partial charge in [-0.05, 0) is 30.3 Å². The quantitative estimate of drug-likeness (QED) is 0.854. The Morgan fingerprint density at radius 2 is 1.89 bits per heavy atom. The summed E-state index contributed by atoms with van der Waals surface area (Å²) in [5.41, 5.74) is 2.19. The van der Waals surface area contributed by atoms with Crippen LogP contribution in [0.5, 0.6) is 5.75 Å². The van der Waals surface area contributed by atoms with Crippen LogP contribution in [-0.4, -0.2) is 7.11 Å². The first-order valence-corrected chi connectivity index (χ1v) is 7.07. The van der Waals surface area contributed by atoms with Crippen LogP contribution in [0, 0.1) is 5.21 Å². The van der Waals surface area contributed by atoms with Crippen molar-refractivity contribution in [3.05, 3.63) is 64.9 Å². The van der Waals surface area contributed by atoms with Crippen LogP contribution >= 0.6 is 11.8 Å². The van der Waals surface area contributed by atoms with Gasteiger partial charge in [0.1, 0.15) is 12.3 Å². The lowest BCUT2D eigenvalue weighted by Gasteiger charge is -2.35. The summed E-state index contributed by atoms with van der Waals surface area (Å²) in [4.78, 5) is 1.21. The SMILES string of the molecule is COc1ccc(C2Sc3ccccc3C[NH+]2[O-])cc1. The number of methoxy groups -OCH3 is 1. The van der Waals surface area contributed by atoms with Crippen molar-refractivity contribution in [2.24, 2.45) is 0 Å². The number of ether oxygens (including phenoxy) is 1. The average Bonchev–Trinajstić information content (AvgIpc) is 2.47. The molecule has 0 saturated heterocycles. The number of thioether (sulfide) groups is 1. The van der Waals surface area contributed by atoms with Crippen LogP contribution in [-0.2, 0) is 6.54 Å². The van der Waals surface area contributed by atoms with E-state index in [4.69, 9.17) is 4.74 Å². The Morgan fingerprint density at radius 3 is 2.63 bits per heavy atom. The third kappa shape index (κ3) is 2.47. The van der Waals surface area contributed by atoms with Gasteiger partial charge in [0.2, 0.25) is 0 Å². The molecule has 2 unspecified atom stereocenters. The van der Waals surface area contributed by atoms with Gasteiger partial charge >= 0.3 is 0 Å². The highest BCUT2D eigenvalue weighted by molar-refractivity contribution is 7.99. The molecule has 0 aliphatic carbocycles. The molecule has 0 saturated carbocycles. The van der Waals surface area contributed by atoms with Crippen molar-refractivity contribution < 1.29 is 9.80 Å². The van der Waals surface area contributed by atoms with Crippen molar-refractivity contribution in [2.45, 2.75) is 16.8 Å². The number of rotatable bonds is 2. The molecule has 3 rings (SSSR count). The molecule has 1 N–H and O–H groups in total. The Morgan fingerprint density at radius 1 is 1.16 bits per heavy atom. The minimum atomic E-state index is -0.0965. The molecular weight excluding hydrogens is 258 g/mol. The number of nitrogens with one attached hydrogen (secondary N) is 1. The lowest BCUT2D eigenvalue weighted by atomic mass is 10.1. The van der Waals surface area contributed by atoms with Crippen molar-refractivity contribution in [1.29, 1.82) is 0 Å². The first-order chi connectivity index (χ1) is 9.28. The van der Waals surface area contributed by atoms with Gasteiger partial charge in [0.25, 0.3) is 0 Å². The Kier molecular flexibility index (Phi) is 3.46. The smallest absolute Gasteiger partial charge is 0.164 e. The lowest BCUT2D eigenvalue weighted by molar-refractivity contribution is -0.880. The molecule has 19 heavy (non-hydrogen) atoms. The number of hydroxylamine groups is 2. The molecule has 0 aromatic heterocycles. The minimum Gasteiger partial charge on any atom is -0.633 e. The van der Waals surface area contributed by atoms with Crippen LogP contribution in [0.25, 0.3) is 0 Å². The number of benzene rings is 2. The Bertz CT molecular complexity index is 571. The van der Waals surface area contributed by atoms with E-state index in [0.29, 0.717) is 6.54 Å². The summed E-state index contributed by atoms with van der Waals surface area (Å²) in [5, 5.41) is 12.4. The number of quaternary nitrogens is 1. The molecule has 1 aliphatic heterocycles. The van der Waals surface area contributed by atoms with Crippen molar-refractivity contribution in [2.75, 3.05) is 7.11 Å². The zero-order chi connectivity index (χ0) is 13.2. The average molecular weight is 273 g/mol. The molecule has 2 atom stereocenters. The zero-order valence-corrected chi connectivity index (χ0v) is 11.4. The summed E-state index contributed by atoms with van der Waals surface area (Å²) in [5.74, 6) is 0.817. The molecule has 0 amide bonds. The van der Waals surface area contributed by atoms with E-state index in [2.05, 4.69) is 6.07 Å². The molecule has 0 bridgehead atoms. The molecule has 0 radical (unpaired) electrons. The number of fused-ring (bicyclic) bond motifs is 1. The number of hydrogen-bond acceptors (Lipinski definition) is 3. The minimum absolute atomic E-state index is 0.0965. The van der Waals surface area contributed by atoms with Crippen LogP contribution in [0.2, 0.25) is 0 Å². The van der Waals surface area contributed by atoms with Gasteiger partial charge < -0.3 is 15.0 Å². The van der Waals surface area contributed by atoms with Crippen LogP contribution in [0.3, 0.4) is 0 Å². The summed E-state index contributed by atoms with van der Waals surface area (Å²) >= 11 is 1.64. The highest BCUT2D eigenvalue weighted by Gasteiger charge is 2.26. The van der Waals surface area contributed by atoms with E-state index in [1.807, 2.05) is 42.5 Å². The highest BCUT2D eigenvalue weighted by atomic mass is 32.2. The molecule has 1 heterocycles. The van der Waals surface area contributed by atoms with Gasteiger partial charge in [-0.25, -0.2) is 0 Å². The molecule has 2 aromatic carbocycles. The zero-order valence-electron chi connectivity index (χ0n) is 10.6. The summed E-state index contributed by atoms with van der Waals surface area (Å²) in [6.07, 6.45) is 0. The fraction of sp³-hybridized carbons (Fsp3) is 0.200. The third-order valence-corrected chi connectivity index (χ3v) is 4.72. The van der Waals surface area contributed by atoms with Gasteiger partial charge in [-0.1, -0.05) is 30.0 Å². The number of hydrogen-bond donors (Lipinski definition) is 1. The second-order valence-electron chi connectivity index (χ2n) is 4.52. The van der Waals surface area contributed by atoms with Gasteiger partial charge in [0, 0.05) is 16.0 Å². The molecule has 3 nitrogen and oxygen atoms in total. The molecular formula is C15H15NO2S. The fourth-order valence-electron chi connectivity index (χ4n) is 2.27. The summed E-state index contributed by atoms with van der Waals surface area (Å²) in [6, 6.07) is 15.9. The summed E-state index contributed by atoms with van der Waals surface area (Å²) in [7, 11) is 1.64. The second-order valence-corrected chi connectivity index (χ2v) is 5.67. The first-order valence-electron chi connectivity index (χ1n) is 6.19. The maximum atomic E-state index is 12.3. The van der Waals surface area contributed by atoms with Gasteiger partial charge in [-0.15, -0.1) is 0 Å². The van der Waals surface area contributed by atoms with Crippen molar-refractivity contribution in [3.8, 4) is 5.75 Å². The molecule has 4 heteroatoms. The van der Waals surface area contributed by atoms with Crippen LogP contribution in [0.1, 0.15) is 16.5 Å². The predicted molar refractivity (Wildman–Crippen MR) is 76.1 cm³/mol. The topological polar surface area (TPSA) is 36.7 Å². The molecule has 1 aliphatic rings. The Hall–Kier alpha value is -1.49. The monoisotopic (exact) mass is 273 g/mol. The normalized spacial score (nSPS) is 21.8. The van der Waals surface area contributed by atoms with E-state index in [0.717, 1.165) is 16.9 Å². The van der Waals surface area contributed by atoms with E-state index >= 15 is 0 Å². The Labute approximate surface area is 116 Å². The standard InChI is InChI=1S/C15H15NO2S/c1-18-13-8-6-11(7-9-13)15-16(17)10-12-4-2-3-5-14(12)19-15/h2-9,15-16H,10H2,1H3. The molecule has 0 spiro atoms. The second kappa shape index (κ2) is 5.25. The lowest BCUT2D eigenvalue weighted by Crippen LogP contribution is -3.06. The van der Waals surface area contributed by atoms with Crippen molar-refractivity contribution in [3.63, 3.8) is 0 Å². The summed E-state index contributed by atoms with van der Waals surface area (Å²) < 4.78 is 5.15. The van der Waals surface area contributed by atoms with Gasteiger partial charge in [0.05, 0.1) is 7.11 Å². The Balaban J connectivity index is 1.89. The maximum absolute atomic E-state index is 12.3. The molecule has 0 fully saturated rings. The third-order valence-electron chi connectivity index (χ3n) is 3.29. The molecule has 98 valence electrons. The van der Waals surface area contributed by atoms with Crippen LogP contribution in [0.4, 0.5) is 0 Å². The predicted octanol–water partition coefficient (Wildman–Crippen LogP) is 2.38. The van der Waals surface area contributed by atoms with Crippen molar-refractivity contribution >= 4 is 11.8 Å². The largest absolute Gasteiger partial charge is 0.633 e. The van der Waals surface area contributed by atoms with E-state index < -0.39 is 0 Å². The maximum Gasteiger partial charge on any atom is 0.164 e.